The fraction of sp³-hybridized carbons (Fsp3) is 0.625. The molecule has 1 aromatic carbocycles. The first-order chi connectivity index (χ1) is 8.70. The van der Waals surface area contributed by atoms with E-state index in [-0.39, 0.29) is 0 Å². The van der Waals surface area contributed by atoms with E-state index in [0.29, 0.717) is 6.04 Å². The summed E-state index contributed by atoms with van der Waals surface area (Å²) in [6.45, 7) is 5.78. The molecule has 1 aliphatic rings. The largest absolute Gasteiger partial charge is 0.399 e. The molecule has 0 aliphatic heterocycles. The Bertz CT molecular complexity index is 375. The normalized spacial score (nSPS) is 23.9. The number of nitrogens with two attached hydrogens (primary N) is 1. The van der Waals surface area contributed by atoms with Crippen molar-refractivity contribution in [2.75, 3.05) is 17.2 Å². The zero-order valence-electron chi connectivity index (χ0n) is 11.7. The summed E-state index contributed by atoms with van der Waals surface area (Å²) in [4.78, 5) is 2.58. The molecule has 0 heterocycles. The van der Waals surface area contributed by atoms with Crippen LogP contribution in [0, 0.1) is 5.92 Å². The zero-order chi connectivity index (χ0) is 13.0. The Morgan fingerprint density at radius 3 is 2.83 bits per heavy atom. The average Bonchev–Trinajstić information content (AvgIpc) is 2.36. The summed E-state index contributed by atoms with van der Waals surface area (Å²) in [5.41, 5.74) is 8.10. The van der Waals surface area contributed by atoms with Crippen molar-refractivity contribution in [1.29, 1.82) is 0 Å². The molecule has 0 saturated heterocycles. The van der Waals surface area contributed by atoms with Crippen LogP contribution in [0.5, 0.6) is 0 Å². The maximum Gasteiger partial charge on any atom is 0.0389 e. The number of rotatable bonds is 4. The van der Waals surface area contributed by atoms with Gasteiger partial charge in [-0.25, -0.2) is 0 Å². The SMILES string of the molecule is CCCN(c1cccc(N)c1)C1CCCC(C)C1. The first-order valence-electron chi connectivity index (χ1n) is 7.33. The van der Waals surface area contributed by atoms with E-state index in [1.807, 2.05) is 6.07 Å². The molecular formula is C16H26N2. The second-order valence-corrected chi connectivity index (χ2v) is 5.71. The Morgan fingerprint density at radius 2 is 2.17 bits per heavy atom. The number of nitrogens with zero attached hydrogens (tertiary/aromatic N) is 1. The number of hydrogen-bond donors (Lipinski definition) is 1. The lowest BCUT2D eigenvalue weighted by atomic mass is 9.86. The molecule has 2 nitrogen and oxygen atoms in total. The Hall–Kier alpha value is -1.18. The third-order valence-electron chi connectivity index (χ3n) is 4.02. The third kappa shape index (κ3) is 3.18. The molecule has 1 fully saturated rings. The van der Waals surface area contributed by atoms with Crippen molar-refractivity contribution in [2.24, 2.45) is 5.92 Å². The van der Waals surface area contributed by atoms with Gasteiger partial charge in [-0.05, 0) is 43.4 Å². The highest BCUT2D eigenvalue weighted by molar-refractivity contribution is 5.56. The van der Waals surface area contributed by atoms with Crippen LogP contribution >= 0.6 is 0 Å². The molecule has 0 amide bonds. The molecule has 2 rings (SSSR count). The molecule has 1 aliphatic carbocycles. The van der Waals surface area contributed by atoms with Gasteiger partial charge in [0.15, 0.2) is 0 Å². The molecule has 2 atom stereocenters. The molecule has 100 valence electrons. The predicted molar refractivity (Wildman–Crippen MR) is 79.9 cm³/mol. The third-order valence-corrected chi connectivity index (χ3v) is 4.02. The van der Waals surface area contributed by atoms with Gasteiger partial charge >= 0.3 is 0 Å². The average molecular weight is 246 g/mol. The Kier molecular flexibility index (Phi) is 4.51. The van der Waals surface area contributed by atoms with Crippen LogP contribution in [0.15, 0.2) is 24.3 Å². The van der Waals surface area contributed by atoms with Crippen LogP contribution in [0.4, 0.5) is 11.4 Å². The Balaban J connectivity index is 2.16. The summed E-state index contributed by atoms with van der Waals surface area (Å²) in [5, 5.41) is 0. The van der Waals surface area contributed by atoms with Crippen LogP contribution in [0.25, 0.3) is 0 Å². The van der Waals surface area contributed by atoms with Crippen molar-refractivity contribution >= 4 is 11.4 Å². The van der Waals surface area contributed by atoms with Gasteiger partial charge in [0.2, 0.25) is 0 Å². The van der Waals surface area contributed by atoms with Gasteiger partial charge < -0.3 is 10.6 Å². The van der Waals surface area contributed by atoms with Crippen molar-refractivity contribution < 1.29 is 0 Å². The van der Waals surface area contributed by atoms with Gasteiger partial charge in [0.1, 0.15) is 0 Å². The molecule has 1 saturated carbocycles. The molecule has 0 bridgehead atoms. The van der Waals surface area contributed by atoms with E-state index in [2.05, 4.69) is 36.9 Å². The van der Waals surface area contributed by atoms with E-state index < -0.39 is 0 Å². The summed E-state index contributed by atoms with van der Waals surface area (Å²) in [6.07, 6.45) is 6.62. The topological polar surface area (TPSA) is 29.3 Å². The van der Waals surface area contributed by atoms with Gasteiger partial charge in [-0.15, -0.1) is 0 Å². The van der Waals surface area contributed by atoms with E-state index >= 15 is 0 Å². The van der Waals surface area contributed by atoms with Crippen molar-refractivity contribution in [1.82, 2.24) is 0 Å². The van der Waals surface area contributed by atoms with Crippen molar-refractivity contribution in [3.63, 3.8) is 0 Å². The fourth-order valence-corrected chi connectivity index (χ4v) is 3.15. The number of anilines is 2. The summed E-state index contributed by atoms with van der Waals surface area (Å²) < 4.78 is 0. The van der Waals surface area contributed by atoms with E-state index in [0.717, 1.165) is 18.2 Å². The second-order valence-electron chi connectivity index (χ2n) is 5.71. The quantitative estimate of drug-likeness (QED) is 0.812. The number of benzene rings is 1. The summed E-state index contributed by atoms with van der Waals surface area (Å²) >= 11 is 0. The van der Waals surface area contributed by atoms with E-state index in [4.69, 9.17) is 5.73 Å². The summed E-state index contributed by atoms with van der Waals surface area (Å²) in [6, 6.07) is 9.06. The fourth-order valence-electron chi connectivity index (χ4n) is 3.15. The van der Waals surface area contributed by atoms with Gasteiger partial charge in [-0.1, -0.05) is 32.8 Å². The monoisotopic (exact) mass is 246 g/mol. The molecule has 2 unspecified atom stereocenters. The molecule has 18 heavy (non-hydrogen) atoms. The van der Waals surface area contributed by atoms with E-state index in [1.165, 1.54) is 37.8 Å². The molecular weight excluding hydrogens is 220 g/mol. The molecule has 0 aromatic heterocycles. The van der Waals surface area contributed by atoms with Crippen LogP contribution < -0.4 is 10.6 Å². The van der Waals surface area contributed by atoms with E-state index in [1.54, 1.807) is 0 Å². The maximum absolute atomic E-state index is 5.92. The Morgan fingerprint density at radius 1 is 1.33 bits per heavy atom. The standard InChI is InChI=1S/C16H26N2/c1-3-10-18(15-8-4-6-13(2)11-15)16-9-5-7-14(17)12-16/h5,7,9,12-13,15H,3-4,6,8,10-11,17H2,1-2H3. The van der Waals surface area contributed by atoms with Gasteiger partial charge in [-0.3, -0.25) is 0 Å². The van der Waals surface area contributed by atoms with Crippen molar-refractivity contribution in [3.05, 3.63) is 24.3 Å². The minimum Gasteiger partial charge on any atom is -0.399 e. The van der Waals surface area contributed by atoms with Crippen molar-refractivity contribution in [3.8, 4) is 0 Å². The van der Waals surface area contributed by atoms with Crippen LogP contribution in [0.3, 0.4) is 0 Å². The minimum atomic E-state index is 0.704. The van der Waals surface area contributed by atoms with Crippen LogP contribution in [0.2, 0.25) is 0 Å². The minimum absolute atomic E-state index is 0.704. The molecule has 0 spiro atoms. The predicted octanol–water partition coefficient (Wildman–Crippen LogP) is 4.06. The molecule has 1 aromatic rings. The van der Waals surface area contributed by atoms with Crippen molar-refractivity contribution in [2.45, 2.75) is 52.0 Å². The first kappa shape index (κ1) is 13.3. The number of nitrogen functional groups attached to an aromatic ring is 1. The number of hydrogen-bond acceptors (Lipinski definition) is 2. The lowest BCUT2D eigenvalue weighted by molar-refractivity contribution is 0.329. The zero-order valence-corrected chi connectivity index (χ0v) is 11.7. The highest BCUT2D eigenvalue weighted by Gasteiger charge is 2.24. The van der Waals surface area contributed by atoms with Crippen LogP contribution in [-0.4, -0.2) is 12.6 Å². The molecule has 2 N–H and O–H groups in total. The molecule has 0 radical (unpaired) electrons. The maximum atomic E-state index is 5.92. The van der Waals surface area contributed by atoms with Gasteiger partial charge in [0.25, 0.3) is 0 Å². The second kappa shape index (κ2) is 6.12. The van der Waals surface area contributed by atoms with Gasteiger partial charge in [-0.2, -0.15) is 0 Å². The van der Waals surface area contributed by atoms with E-state index in [9.17, 15) is 0 Å². The highest BCUT2D eigenvalue weighted by atomic mass is 15.2. The van der Waals surface area contributed by atoms with Crippen LogP contribution in [-0.2, 0) is 0 Å². The van der Waals surface area contributed by atoms with Crippen LogP contribution in [0.1, 0.15) is 46.0 Å². The lowest BCUT2D eigenvalue weighted by Crippen LogP contribution is -2.39. The Labute approximate surface area is 111 Å². The molecule has 2 heteroatoms. The lowest BCUT2D eigenvalue weighted by Gasteiger charge is -2.38. The van der Waals surface area contributed by atoms with Gasteiger partial charge in [0, 0.05) is 24.0 Å². The first-order valence-corrected chi connectivity index (χ1v) is 7.33. The summed E-state index contributed by atoms with van der Waals surface area (Å²) in [5.74, 6) is 0.865. The van der Waals surface area contributed by atoms with Gasteiger partial charge in [0.05, 0.1) is 0 Å². The summed E-state index contributed by atoms with van der Waals surface area (Å²) in [7, 11) is 0. The smallest absolute Gasteiger partial charge is 0.0389 e. The highest BCUT2D eigenvalue weighted by Crippen LogP contribution is 2.31.